The molecule has 53 heavy (non-hydrogen) atoms. The van der Waals surface area contributed by atoms with Gasteiger partial charge in [-0.2, -0.15) is 0 Å². The van der Waals surface area contributed by atoms with Gasteiger partial charge in [0.2, 0.25) is 0 Å². The zero-order chi connectivity index (χ0) is 37.6. The lowest BCUT2D eigenvalue weighted by atomic mass is 9.81. The molecule has 7 rings (SSSR count). The number of rotatable bonds is 4. The Morgan fingerprint density at radius 3 is 2.23 bits per heavy atom. The molecule has 7 saturated heterocycles. The molecule has 4 N–H and O–H groups in total. The topological polar surface area (TPSA) is 180 Å². The van der Waals surface area contributed by atoms with E-state index in [0.29, 0.717) is 32.1 Å². The smallest absolute Gasteiger partial charge is 0.135 e. The third-order valence-electron chi connectivity index (χ3n) is 13.1. The van der Waals surface area contributed by atoms with Gasteiger partial charge in [-0.1, -0.05) is 20.1 Å². The molecule has 18 atom stereocenters. The van der Waals surface area contributed by atoms with Crippen molar-refractivity contribution >= 4 is 11.6 Å². The maximum absolute atomic E-state index is 13.9. The number of Topliss-reactive ketones (excluding diaryl/α,β-unsaturated/α-hetero) is 2. The fourth-order valence-corrected chi connectivity index (χ4v) is 10.1. The third kappa shape index (κ3) is 8.56. The summed E-state index contributed by atoms with van der Waals surface area (Å²) >= 11 is 0. The number of aliphatic hydroxyl groups is 4. The van der Waals surface area contributed by atoms with Crippen molar-refractivity contribution in [3.63, 3.8) is 0 Å². The Morgan fingerprint density at radius 1 is 0.736 bits per heavy atom. The highest BCUT2D eigenvalue weighted by molar-refractivity contribution is 5.79. The molecule has 0 aromatic carbocycles. The average Bonchev–Trinajstić information content (AvgIpc) is 3.76. The van der Waals surface area contributed by atoms with E-state index in [1.807, 2.05) is 0 Å². The number of methoxy groups -OCH3 is 1. The predicted octanol–water partition coefficient (Wildman–Crippen LogP) is 2.27. The molecule has 0 aliphatic carbocycles. The summed E-state index contributed by atoms with van der Waals surface area (Å²) in [7, 11) is 1.58. The van der Waals surface area contributed by atoms with Crippen molar-refractivity contribution < 1.29 is 63.2 Å². The van der Waals surface area contributed by atoms with Crippen LogP contribution in [0.25, 0.3) is 0 Å². The average molecular weight is 749 g/mol. The number of ether oxygens (including phenoxy) is 7. The minimum atomic E-state index is -1.10. The summed E-state index contributed by atoms with van der Waals surface area (Å²) in [6, 6.07) is 0. The first-order valence-electron chi connectivity index (χ1n) is 19.9. The van der Waals surface area contributed by atoms with E-state index in [1.54, 1.807) is 7.11 Å². The zero-order valence-corrected chi connectivity index (χ0v) is 31.2. The van der Waals surface area contributed by atoms with Crippen molar-refractivity contribution in [2.45, 2.75) is 188 Å². The maximum Gasteiger partial charge on any atom is 0.135 e. The van der Waals surface area contributed by atoms with Gasteiger partial charge in [-0.3, -0.25) is 9.59 Å². The number of aliphatic hydroxyl groups excluding tert-OH is 4. The number of hydrogen-bond acceptors (Lipinski definition) is 13. The summed E-state index contributed by atoms with van der Waals surface area (Å²) in [6.07, 6.45) is -3.55. The summed E-state index contributed by atoms with van der Waals surface area (Å²) in [5.74, 6) is -0.221. The quantitative estimate of drug-likeness (QED) is 0.308. The predicted molar refractivity (Wildman–Crippen MR) is 189 cm³/mol. The molecule has 298 valence electrons. The van der Waals surface area contributed by atoms with E-state index in [1.165, 1.54) is 0 Å². The lowest BCUT2D eigenvalue weighted by Crippen LogP contribution is -2.61. The fourth-order valence-electron chi connectivity index (χ4n) is 10.1. The highest BCUT2D eigenvalue weighted by atomic mass is 16.6. The highest BCUT2D eigenvalue weighted by Crippen LogP contribution is 2.43. The van der Waals surface area contributed by atoms with Crippen LogP contribution in [0.15, 0.2) is 24.3 Å². The molecule has 0 aromatic rings. The molecule has 0 aromatic heterocycles. The van der Waals surface area contributed by atoms with E-state index in [2.05, 4.69) is 20.1 Å². The summed E-state index contributed by atoms with van der Waals surface area (Å²) in [4.78, 5) is 27.0. The Kier molecular flexibility index (Phi) is 12.6. The zero-order valence-electron chi connectivity index (χ0n) is 31.2. The lowest BCUT2D eigenvalue weighted by molar-refractivity contribution is -0.259. The molecule has 0 saturated carbocycles. The highest BCUT2D eigenvalue weighted by Gasteiger charge is 2.57. The summed E-state index contributed by atoms with van der Waals surface area (Å²) in [6.45, 7) is 10.4. The third-order valence-corrected chi connectivity index (χ3v) is 13.1. The molecule has 0 amide bonds. The largest absolute Gasteiger partial charge is 0.394 e. The van der Waals surface area contributed by atoms with Crippen LogP contribution in [-0.4, -0.2) is 143 Å². The SMILES string of the molecule is C=C1C[C@@H]2CCC(=O)C[C@H]3O[C@H]4[C@@H](O)[C@H]5OC(CC[C@@H]5O[C@H]4[C@H]3O)CC(=O)C[C@H]3C(CC4OC(CCC1O2)C[C@@H](C)C4=C)OC(C[C@H](O)CO)[C@@H]3OC. The van der Waals surface area contributed by atoms with E-state index in [-0.39, 0.29) is 79.9 Å². The Hall–Kier alpha value is -1.62. The Labute approximate surface area is 312 Å². The van der Waals surface area contributed by atoms with Crippen LogP contribution < -0.4 is 0 Å². The van der Waals surface area contributed by atoms with Gasteiger partial charge in [0.1, 0.15) is 42.1 Å². The molecule has 7 heterocycles. The van der Waals surface area contributed by atoms with Crippen molar-refractivity contribution in [1.29, 1.82) is 0 Å². The van der Waals surface area contributed by atoms with Gasteiger partial charge in [0.05, 0.1) is 73.8 Å². The van der Waals surface area contributed by atoms with E-state index in [0.717, 1.165) is 30.4 Å². The van der Waals surface area contributed by atoms with Crippen molar-refractivity contribution in [3.05, 3.63) is 24.3 Å². The van der Waals surface area contributed by atoms with Gasteiger partial charge in [0.25, 0.3) is 0 Å². The van der Waals surface area contributed by atoms with Gasteiger partial charge in [-0.15, -0.1) is 0 Å². The van der Waals surface area contributed by atoms with Crippen molar-refractivity contribution in [3.8, 4) is 0 Å². The molecule has 13 heteroatoms. The van der Waals surface area contributed by atoms with Gasteiger partial charge in [-0.05, 0) is 62.0 Å². The van der Waals surface area contributed by atoms with Crippen molar-refractivity contribution in [1.82, 2.24) is 0 Å². The number of carbonyl (C=O) groups is 2. The second-order valence-corrected chi connectivity index (χ2v) is 16.8. The normalized spacial score (nSPS) is 47.7. The number of fused-ring (bicyclic) bond motifs is 7. The molecular formula is C40H60O13. The van der Waals surface area contributed by atoms with Gasteiger partial charge in [0.15, 0.2) is 0 Å². The Balaban J connectivity index is 1.11. The van der Waals surface area contributed by atoms with Gasteiger partial charge in [0, 0.05) is 51.6 Å². The van der Waals surface area contributed by atoms with Crippen LogP contribution in [0.2, 0.25) is 0 Å². The minimum absolute atomic E-state index is 0.00643. The van der Waals surface area contributed by atoms with E-state index in [4.69, 9.17) is 33.2 Å². The van der Waals surface area contributed by atoms with Crippen LogP contribution in [-0.2, 0) is 42.7 Å². The summed E-state index contributed by atoms with van der Waals surface area (Å²) in [5, 5.41) is 42.6. The first-order valence-corrected chi connectivity index (χ1v) is 19.9. The number of carbonyl (C=O) groups excluding carboxylic acids is 2. The molecule has 0 spiro atoms. The molecule has 0 radical (unpaired) electrons. The molecule has 13 nitrogen and oxygen atoms in total. The van der Waals surface area contributed by atoms with Crippen molar-refractivity contribution in [2.75, 3.05) is 13.7 Å². The molecule has 7 aliphatic heterocycles. The number of ketones is 2. The maximum atomic E-state index is 13.9. The van der Waals surface area contributed by atoms with Gasteiger partial charge < -0.3 is 53.6 Å². The standard InChI is InChI=1S/C40H60O13/c1-19-11-26-7-9-29-20(2)12-25(48-29)6-5-22(42)15-33-35(45)39-40(53-33)36(46)38-30(52-39)10-8-27(50-38)13-23(43)14-28-32(17-31(49-26)21(19)3)51-34(37(28)47-4)16-24(44)18-41/h19,24-41,44-46H,2-3,5-18H2,1,4H3/t19-,24+,25+,26?,27?,28+,29?,30+,31?,32?,33-,34?,35+,36+,37-,38+,39+,40+/m1/s1. The Bertz CT molecular complexity index is 1340. The molecule has 8 bridgehead atoms. The summed E-state index contributed by atoms with van der Waals surface area (Å²) in [5.41, 5.74) is 2.00. The van der Waals surface area contributed by atoms with Crippen LogP contribution >= 0.6 is 0 Å². The first kappa shape index (κ1) is 39.6. The van der Waals surface area contributed by atoms with Crippen LogP contribution in [0, 0.1) is 11.8 Å². The lowest BCUT2D eigenvalue weighted by Gasteiger charge is -2.46. The van der Waals surface area contributed by atoms with Crippen LogP contribution in [0.5, 0.6) is 0 Å². The van der Waals surface area contributed by atoms with Crippen LogP contribution in [0.3, 0.4) is 0 Å². The fraction of sp³-hybridized carbons (Fsp3) is 0.850. The Morgan fingerprint density at radius 2 is 1.45 bits per heavy atom. The second kappa shape index (κ2) is 16.9. The minimum Gasteiger partial charge on any atom is -0.394 e. The molecular weight excluding hydrogens is 688 g/mol. The first-order chi connectivity index (χ1) is 25.4. The molecule has 7 fully saturated rings. The molecule has 7 aliphatic rings. The van der Waals surface area contributed by atoms with Crippen LogP contribution in [0.1, 0.15) is 90.4 Å². The van der Waals surface area contributed by atoms with E-state index >= 15 is 0 Å². The van der Waals surface area contributed by atoms with Gasteiger partial charge in [-0.25, -0.2) is 0 Å². The second-order valence-electron chi connectivity index (χ2n) is 16.8. The monoisotopic (exact) mass is 748 g/mol. The summed E-state index contributed by atoms with van der Waals surface area (Å²) < 4.78 is 44.3. The van der Waals surface area contributed by atoms with Crippen LogP contribution in [0.4, 0.5) is 0 Å². The van der Waals surface area contributed by atoms with E-state index in [9.17, 15) is 30.0 Å². The molecule has 6 unspecified atom stereocenters. The number of hydrogen-bond donors (Lipinski definition) is 4. The van der Waals surface area contributed by atoms with Gasteiger partial charge >= 0.3 is 0 Å². The van der Waals surface area contributed by atoms with Crippen molar-refractivity contribution in [2.24, 2.45) is 11.8 Å². The van der Waals surface area contributed by atoms with E-state index < -0.39 is 79.9 Å².